The Labute approximate surface area is 120 Å². The maximum atomic E-state index is 11.7. The topological polar surface area (TPSA) is 61.4 Å². The molecule has 0 radical (unpaired) electrons. The molecule has 20 heavy (non-hydrogen) atoms. The minimum atomic E-state index is -3.34. The molecular weight excluding hydrogens is 274 g/mol. The number of sulfonamides is 1. The van der Waals surface area contributed by atoms with E-state index in [1.807, 2.05) is 12.1 Å². The van der Waals surface area contributed by atoms with Gasteiger partial charge in [-0.2, -0.15) is 0 Å². The monoisotopic (exact) mass is 295 g/mol. The van der Waals surface area contributed by atoms with Crippen LogP contribution in [0.3, 0.4) is 0 Å². The van der Waals surface area contributed by atoms with Crippen LogP contribution in [0.4, 0.5) is 5.69 Å². The Morgan fingerprint density at radius 2 is 1.80 bits per heavy atom. The Morgan fingerprint density at radius 3 is 2.30 bits per heavy atom. The van der Waals surface area contributed by atoms with Gasteiger partial charge >= 0.3 is 0 Å². The van der Waals surface area contributed by atoms with E-state index in [-0.39, 0.29) is 0 Å². The van der Waals surface area contributed by atoms with Crippen LogP contribution in [0, 0.1) is 5.92 Å². The van der Waals surface area contributed by atoms with E-state index < -0.39 is 10.0 Å². The molecule has 0 amide bonds. The highest BCUT2D eigenvalue weighted by atomic mass is 32.2. The third-order valence-electron chi connectivity index (χ3n) is 4.44. The van der Waals surface area contributed by atoms with Gasteiger partial charge in [-0.15, -0.1) is 0 Å². The minimum Gasteiger partial charge on any atom is -0.381 e. The summed E-state index contributed by atoms with van der Waals surface area (Å²) in [6.07, 6.45) is 2.54. The van der Waals surface area contributed by atoms with Gasteiger partial charge in [0.25, 0.3) is 0 Å². The molecule has 1 aromatic carbocycles. The van der Waals surface area contributed by atoms with Crippen molar-refractivity contribution in [2.45, 2.75) is 23.8 Å². The van der Waals surface area contributed by atoms with Crippen molar-refractivity contribution in [3.8, 4) is 0 Å². The summed E-state index contributed by atoms with van der Waals surface area (Å²) in [5, 5.41) is 3.55. The summed E-state index contributed by atoms with van der Waals surface area (Å²) in [4.78, 5) is 2.80. The third-order valence-corrected chi connectivity index (χ3v) is 5.87. The Hall–Kier alpha value is -1.11. The molecule has 1 atom stereocenters. The molecule has 2 N–H and O–H groups in total. The van der Waals surface area contributed by atoms with E-state index >= 15 is 0 Å². The average molecular weight is 295 g/mol. The Morgan fingerprint density at radius 1 is 1.15 bits per heavy atom. The second-order valence-corrected chi connectivity index (χ2v) is 7.51. The third kappa shape index (κ3) is 2.68. The van der Waals surface area contributed by atoms with Crippen LogP contribution in [0.5, 0.6) is 0 Å². The smallest absolute Gasteiger partial charge is 0.240 e. The Bertz CT molecular complexity index is 563. The average Bonchev–Trinajstić information content (AvgIpc) is 2.49. The molecule has 4 rings (SSSR count). The molecule has 3 aliphatic rings. The van der Waals surface area contributed by atoms with Crippen molar-refractivity contribution in [2.24, 2.45) is 5.92 Å². The minimum absolute atomic E-state index is 0.305. The van der Waals surface area contributed by atoms with Crippen LogP contribution in [0.15, 0.2) is 29.2 Å². The maximum absolute atomic E-state index is 11.7. The number of nitrogens with one attached hydrogen (secondary N) is 2. The van der Waals surface area contributed by atoms with Crippen LogP contribution < -0.4 is 10.0 Å². The molecule has 3 fully saturated rings. The first-order valence-corrected chi connectivity index (χ1v) is 8.59. The van der Waals surface area contributed by atoms with Gasteiger partial charge in [0.05, 0.1) is 4.90 Å². The van der Waals surface area contributed by atoms with E-state index in [2.05, 4.69) is 14.9 Å². The summed E-state index contributed by atoms with van der Waals surface area (Å²) in [5.74, 6) is 0.751. The number of nitrogens with zero attached hydrogens (tertiary/aromatic N) is 1. The Balaban J connectivity index is 1.70. The molecule has 3 aliphatic heterocycles. The van der Waals surface area contributed by atoms with Gasteiger partial charge in [0.1, 0.15) is 0 Å². The van der Waals surface area contributed by atoms with E-state index in [1.54, 1.807) is 12.1 Å². The molecule has 3 saturated heterocycles. The molecule has 110 valence electrons. The van der Waals surface area contributed by atoms with Crippen molar-refractivity contribution in [1.82, 2.24) is 9.62 Å². The van der Waals surface area contributed by atoms with Crippen molar-refractivity contribution in [3.63, 3.8) is 0 Å². The summed E-state index contributed by atoms with van der Waals surface area (Å²) >= 11 is 0. The molecule has 3 heterocycles. The summed E-state index contributed by atoms with van der Waals surface area (Å²) in [5.41, 5.74) is 0.999. The highest BCUT2D eigenvalue weighted by Crippen LogP contribution is 2.29. The normalized spacial score (nSPS) is 29.4. The van der Waals surface area contributed by atoms with Crippen LogP contribution >= 0.6 is 0 Å². The second kappa shape index (κ2) is 5.35. The number of hydrogen-bond donors (Lipinski definition) is 2. The van der Waals surface area contributed by atoms with Gasteiger partial charge < -0.3 is 10.2 Å². The lowest BCUT2D eigenvalue weighted by molar-refractivity contribution is 0.0975. The number of piperidine rings is 3. The van der Waals surface area contributed by atoms with Gasteiger partial charge in [-0.3, -0.25) is 0 Å². The van der Waals surface area contributed by atoms with Crippen molar-refractivity contribution < 1.29 is 8.42 Å². The SMILES string of the molecule is CNS(=O)(=O)c1ccc(NC2CN3CCC2CC3)cc1. The number of fused-ring (bicyclic) bond motifs is 3. The largest absolute Gasteiger partial charge is 0.381 e. The van der Waals surface area contributed by atoms with Gasteiger partial charge in [-0.1, -0.05) is 0 Å². The summed E-state index contributed by atoms with van der Waals surface area (Å²) < 4.78 is 25.7. The fourth-order valence-electron chi connectivity index (χ4n) is 3.19. The summed E-state index contributed by atoms with van der Waals surface area (Å²) in [7, 11) is -1.92. The number of anilines is 1. The molecule has 0 aromatic heterocycles. The van der Waals surface area contributed by atoms with Crippen molar-refractivity contribution in [1.29, 1.82) is 0 Å². The van der Waals surface area contributed by atoms with Crippen LogP contribution in [0.1, 0.15) is 12.8 Å². The molecular formula is C14H21N3O2S. The lowest BCUT2D eigenvalue weighted by Crippen LogP contribution is -2.53. The van der Waals surface area contributed by atoms with Crippen LogP contribution in [-0.4, -0.2) is 46.0 Å². The van der Waals surface area contributed by atoms with Crippen molar-refractivity contribution in [3.05, 3.63) is 24.3 Å². The van der Waals surface area contributed by atoms with Gasteiger partial charge in [-0.05, 0) is 63.2 Å². The highest BCUT2D eigenvalue weighted by molar-refractivity contribution is 7.89. The van der Waals surface area contributed by atoms with E-state index in [1.165, 1.54) is 33.0 Å². The zero-order chi connectivity index (χ0) is 14.2. The predicted molar refractivity (Wildman–Crippen MR) is 79.3 cm³/mol. The summed E-state index contributed by atoms with van der Waals surface area (Å²) in [6, 6.07) is 7.48. The standard InChI is InChI=1S/C14H21N3O2S/c1-15-20(18,19)13-4-2-12(3-5-13)16-14-10-17-8-6-11(14)7-9-17/h2-5,11,14-16H,6-10H2,1H3. The zero-order valence-corrected chi connectivity index (χ0v) is 12.5. The maximum Gasteiger partial charge on any atom is 0.240 e. The van der Waals surface area contributed by atoms with E-state index in [9.17, 15) is 8.42 Å². The van der Waals surface area contributed by atoms with E-state index in [0.717, 1.165) is 18.2 Å². The Kier molecular flexibility index (Phi) is 3.70. The lowest BCUT2D eigenvalue weighted by Gasteiger charge is -2.45. The zero-order valence-electron chi connectivity index (χ0n) is 11.7. The van der Waals surface area contributed by atoms with Gasteiger partial charge in [0.2, 0.25) is 10.0 Å². The van der Waals surface area contributed by atoms with Crippen LogP contribution in [-0.2, 0) is 10.0 Å². The van der Waals surface area contributed by atoms with E-state index in [0.29, 0.717) is 10.9 Å². The fraction of sp³-hybridized carbons (Fsp3) is 0.571. The lowest BCUT2D eigenvalue weighted by atomic mass is 9.84. The van der Waals surface area contributed by atoms with Crippen molar-refractivity contribution >= 4 is 15.7 Å². The molecule has 0 saturated carbocycles. The fourth-order valence-corrected chi connectivity index (χ4v) is 3.92. The van der Waals surface area contributed by atoms with E-state index in [4.69, 9.17) is 0 Å². The van der Waals surface area contributed by atoms with Gasteiger partial charge in [0, 0.05) is 18.3 Å². The molecule has 2 bridgehead atoms. The number of benzene rings is 1. The molecule has 0 spiro atoms. The molecule has 1 aromatic rings. The van der Waals surface area contributed by atoms with Crippen LogP contribution in [0.25, 0.3) is 0 Å². The quantitative estimate of drug-likeness (QED) is 0.873. The summed E-state index contributed by atoms with van der Waals surface area (Å²) in [6.45, 7) is 3.55. The first-order chi connectivity index (χ1) is 9.58. The molecule has 5 nitrogen and oxygen atoms in total. The van der Waals surface area contributed by atoms with Crippen LogP contribution in [0.2, 0.25) is 0 Å². The number of rotatable bonds is 4. The predicted octanol–water partition coefficient (Wildman–Crippen LogP) is 1.10. The molecule has 6 heteroatoms. The first-order valence-electron chi connectivity index (χ1n) is 7.11. The first kappa shape index (κ1) is 13.9. The number of hydrogen-bond acceptors (Lipinski definition) is 4. The van der Waals surface area contributed by atoms with Gasteiger partial charge in [-0.25, -0.2) is 13.1 Å². The van der Waals surface area contributed by atoms with Gasteiger partial charge in [0.15, 0.2) is 0 Å². The van der Waals surface area contributed by atoms with Crippen molar-refractivity contribution in [2.75, 3.05) is 32.0 Å². The molecule has 1 unspecified atom stereocenters. The second-order valence-electron chi connectivity index (χ2n) is 5.62. The highest BCUT2D eigenvalue weighted by Gasteiger charge is 2.33. The molecule has 0 aliphatic carbocycles.